The highest BCUT2D eigenvalue weighted by atomic mass is 35.5. The van der Waals surface area contributed by atoms with Gasteiger partial charge in [0.15, 0.2) is 0 Å². The predicted octanol–water partition coefficient (Wildman–Crippen LogP) is 3.16. The summed E-state index contributed by atoms with van der Waals surface area (Å²) in [6, 6.07) is 3.95. The second kappa shape index (κ2) is 5.79. The molecule has 1 aromatic rings. The van der Waals surface area contributed by atoms with E-state index in [9.17, 15) is 14.0 Å². The number of anilines is 1. The number of carboxylic acids is 1. The summed E-state index contributed by atoms with van der Waals surface area (Å²) in [6.07, 6.45) is 1.02. The number of carboxylic acid groups (broad SMARTS) is 1. The van der Waals surface area contributed by atoms with Crippen LogP contribution in [0.15, 0.2) is 18.2 Å². The lowest BCUT2D eigenvalue weighted by Crippen LogP contribution is -2.30. The van der Waals surface area contributed by atoms with E-state index in [0.717, 1.165) is 6.07 Å². The van der Waals surface area contributed by atoms with Gasteiger partial charge in [0.05, 0.1) is 16.9 Å². The number of hydrogen-bond donors (Lipinski definition) is 2. The van der Waals surface area contributed by atoms with E-state index in [1.165, 1.54) is 12.1 Å². The third-order valence-electron chi connectivity index (χ3n) is 3.64. The van der Waals surface area contributed by atoms with Gasteiger partial charge < -0.3 is 10.4 Å². The molecule has 0 aliphatic heterocycles. The zero-order valence-corrected chi connectivity index (χ0v) is 11.7. The molecule has 1 fully saturated rings. The molecule has 1 amide bonds. The number of carbonyl (C=O) groups excluding carboxylic acids is 1. The Morgan fingerprint density at radius 1 is 1.35 bits per heavy atom. The Morgan fingerprint density at radius 2 is 2.00 bits per heavy atom. The molecule has 6 heteroatoms. The number of carbonyl (C=O) groups is 2. The number of amides is 1. The molecule has 2 rings (SSSR count). The van der Waals surface area contributed by atoms with Crippen molar-refractivity contribution in [1.82, 2.24) is 0 Å². The molecule has 1 saturated carbocycles. The lowest BCUT2D eigenvalue weighted by molar-refractivity contribution is -0.145. The Labute approximate surface area is 120 Å². The van der Waals surface area contributed by atoms with Crippen LogP contribution in [0.3, 0.4) is 0 Å². The minimum Gasteiger partial charge on any atom is -0.481 e. The summed E-state index contributed by atoms with van der Waals surface area (Å²) in [5.41, 5.74) is 0.278. The summed E-state index contributed by atoms with van der Waals surface area (Å²) in [5, 5.41) is 11.7. The van der Waals surface area contributed by atoms with Crippen molar-refractivity contribution in [1.29, 1.82) is 0 Å². The number of aliphatic carboxylic acids is 1. The van der Waals surface area contributed by atoms with E-state index in [2.05, 4.69) is 5.32 Å². The highest BCUT2D eigenvalue weighted by molar-refractivity contribution is 6.30. The minimum absolute atomic E-state index is 0.0269. The van der Waals surface area contributed by atoms with E-state index in [1.807, 2.05) is 6.92 Å². The van der Waals surface area contributed by atoms with Crippen LogP contribution in [0, 0.1) is 23.6 Å². The molecule has 0 bridgehead atoms. The molecular weight excluding hydrogens is 285 g/mol. The summed E-state index contributed by atoms with van der Waals surface area (Å²) in [4.78, 5) is 23.3. The zero-order chi connectivity index (χ0) is 14.9. The lowest BCUT2D eigenvalue weighted by atomic mass is 9.95. The van der Waals surface area contributed by atoms with Crippen molar-refractivity contribution in [2.24, 2.45) is 17.8 Å². The van der Waals surface area contributed by atoms with Crippen LogP contribution in [0.25, 0.3) is 0 Å². The topological polar surface area (TPSA) is 66.4 Å². The third-order valence-corrected chi connectivity index (χ3v) is 3.95. The highest BCUT2D eigenvalue weighted by Crippen LogP contribution is 2.37. The van der Waals surface area contributed by atoms with Crippen molar-refractivity contribution >= 4 is 29.2 Å². The van der Waals surface area contributed by atoms with Gasteiger partial charge in [-0.15, -0.1) is 0 Å². The van der Waals surface area contributed by atoms with Gasteiger partial charge in [-0.25, -0.2) is 4.39 Å². The monoisotopic (exact) mass is 299 g/mol. The van der Waals surface area contributed by atoms with E-state index >= 15 is 0 Å². The Kier molecular flexibility index (Phi) is 4.28. The molecule has 0 spiro atoms. The molecular formula is C14H15ClFNO3. The minimum atomic E-state index is -0.961. The van der Waals surface area contributed by atoms with E-state index in [1.54, 1.807) is 0 Å². The maximum absolute atomic E-state index is 13.3. The van der Waals surface area contributed by atoms with Crippen molar-refractivity contribution in [3.63, 3.8) is 0 Å². The zero-order valence-electron chi connectivity index (χ0n) is 10.9. The van der Waals surface area contributed by atoms with Gasteiger partial charge in [-0.2, -0.15) is 0 Å². The van der Waals surface area contributed by atoms with Crippen molar-refractivity contribution in [2.75, 3.05) is 5.32 Å². The second-order valence-electron chi connectivity index (χ2n) is 5.25. The molecule has 4 nitrogen and oxygen atoms in total. The molecule has 0 saturated heterocycles. The first-order valence-corrected chi connectivity index (χ1v) is 6.75. The molecule has 1 aliphatic carbocycles. The number of benzene rings is 1. The quantitative estimate of drug-likeness (QED) is 0.901. The van der Waals surface area contributed by atoms with Gasteiger partial charge in [-0.1, -0.05) is 18.5 Å². The second-order valence-corrected chi connectivity index (χ2v) is 5.65. The molecule has 1 aliphatic rings. The molecule has 0 heterocycles. The fourth-order valence-corrected chi connectivity index (χ4v) is 2.78. The van der Waals surface area contributed by atoms with E-state index < -0.39 is 23.6 Å². The Hall–Kier alpha value is -1.62. The molecule has 3 atom stereocenters. The SMILES string of the molecule is CC1CC(C(=O)O)C(C(=O)Nc2ccc(Cl)c(F)c2)C1. The normalized spacial score (nSPS) is 25.4. The maximum Gasteiger partial charge on any atom is 0.307 e. The van der Waals surface area contributed by atoms with Crippen molar-refractivity contribution in [3.05, 3.63) is 29.0 Å². The van der Waals surface area contributed by atoms with Gasteiger partial charge in [0.2, 0.25) is 5.91 Å². The maximum atomic E-state index is 13.3. The summed E-state index contributed by atoms with van der Waals surface area (Å²) in [7, 11) is 0. The van der Waals surface area contributed by atoms with Crippen LogP contribution in [-0.4, -0.2) is 17.0 Å². The van der Waals surface area contributed by atoms with Gasteiger partial charge in [-0.05, 0) is 37.0 Å². The first-order chi connectivity index (χ1) is 9.38. The van der Waals surface area contributed by atoms with Gasteiger partial charge >= 0.3 is 5.97 Å². The molecule has 1 aromatic carbocycles. The first-order valence-electron chi connectivity index (χ1n) is 6.37. The molecule has 3 unspecified atom stereocenters. The Bertz CT molecular complexity index is 549. The fraction of sp³-hybridized carbons (Fsp3) is 0.429. The van der Waals surface area contributed by atoms with Crippen LogP contribution < -0.4 is 5.32 Å². The number of nitrogens with one attached hydrogen (secondary N) is 1. The third kappa shape index (κ3) is 3.10. The summed E-state index contributed by atoms with van der Waals surface area (Å²) in [6.45, 7) is 1.92. The van der Waals surface area contributed by atoms with E-state index in [4.69, 9.17) is 16.7 Å². The van der Waals surface area contributed by atoms with Crippen LogP contribution in [-0.2, 0) is 9.59 Å². The van der Waals surface area contributed by atoms with Crippen LogP contribution in [0.2, 0.25) is 5.02 Å². The fourth-order valence-electron chi connectivity index (χ4n) is 2.66. The first kappa shape index (κ1) is 14.8. The number of halogens is 2. The smallest absolute Gasteiger partial charge is 0.307 e. The van der Waals surface area contributed by atoms with Crippen molar-refractivity contribution < 1.29 is 19.1 Å². The summed E-state index contributed by atoms with van der Waals surface area (Å²) in [5.74, 6) is -3.04. The molecule has 0 radical (unpaired) electrons. The largest absolute Gasteiger partial charge is 0.481 e. The van der Waals surface area contributed by atoms with Crippen molar-refractivity contribution in [2.45, 2.75) is 19.8 Å². The van der Waals surface area contributed by atoms with Crippen LogP contribution in [0.5, 0.6) is 0 Å². The van der Waals surface area contributed by atoms with Gasteiger partial charge in [0.1, 0.15) is 5.82 Å². The average molecular weight is 300 g/mol. The van der Waals surface area contributed by atoms with Crippen LogP contribution >= 0.6 is 11.6 Å². The number of rotatable bonds is 3. The molecule has 108 valence electrons. The Morgan fingerprint density at radius 3 is 2.60 bits per heavy atom. The highest BCUT2D eigenvalue weighted by Gasteiger charge is 2.41. The lowest BCUT2D eigenvalue weighted by Gasteiger charge is -2.15. The van der Waals surface area contributed by atoms with Gasteiger partial charge in [-0.3, -0.25) is 9.59 Å². The number of hydrogen-bond acceptors (Lipinski definition) is 2. The molecule has 20 heavy (non-hydrogen) atoms. The standard InChI is InChI=1S/C14H15ClFNO3/c1-7-4-9(10(5-7)14(19)20)13(18)17-8-2-3-11(15)12(16)6-8/h2-3,6-7,9-10H,4-5H2,1H3,(H,17,18)(H,19,20). The summed E-state index contributed by atoms with van der Waals surface area (Å²) >= 11 is 5.56. The van der Waals surface area contributed by atoms with E-state index in [0.29, 0.717) is 12.8 Å². The predicted molar refractivity (Wildman–Crippen MR) is 73.1 cm³/mol. The van der Waals surface area contributed by atoms with Crippen molar-refractivity contribution in [3.8, 4) is 0 Å². The Balaban J connectivity index is 2.11. The van der Waals surface area contributed by atoms with Gasteiger partial charge in [0, 0.05) is 5.69 Å². The van der Waals surface area contributed by atoms with Crippen LogP contribution in [0.4, 0.5) is 10.1 Å². The molecule has 2 N–H and O–H groups in total. The average Bonchev–Trinajstić information content (AvgIpc) is 2.76. The van der Waals surface area contributed by atoms with Gasteiger partial charge in [0.25, 0.3) is 0 Å². The summed E-state index contributed by atoms with van der Waals surface area (Å²) < 4.78 is 13.3. The van der Waals surface area contributed by atoms with E-state index in [-0.39, 0.29) is 22.5 Å². The van der Waals surface area contributed by atoms with Crippen LogP contribution in [0.1, 0.15) is 19.8 Å². The molecule has 0 aromatic heterocycles.